The molecule has 2 aliphatic heterocycles. The minimum Gasteiger partial charge on any atom is -0.496 e. The zero-order valence-electron chi connectivity index (χ0n) is 24.1. The molecule has 2 fully saturated rings. The molecule has 0 spiro atoms. The minimum atomic E-state index is -0.926. The SMILES string of the molecule is COc1ccc(F)cc1[C@H](Cn1c(=O)n([C@H]2CCN(C)C2=O)c(=O)c2c(C)c(N(C)/N=C\CN)sc21)OCCC1CN1. The molecule has 3 atom stereocenters. The molecule has 14 heteroatoms. The highest BCUT2D eigenvalue weighted by Gasteiger charge is 2.35. The number of hydrogen-bond donors (Lipinski definition) is 2. The lowest BCUT2D eigenvalue weighted by Gasteiger charge is -2.23. The fourth-order valence-electron chi connectivity index (χ4n) is 5.37. The first-order valence-electron chi connectivity index (χ1n) is 13.8. The Labute approximate surface area is 246 Å². The first kappa shape index (κ1) is 29.9. The van der Waals surface area contributed by atoms with E-state index in [1.807, 2.05) is 0 Å². The number of likely N-dealkylation sites (tertiary alicyclic amines) is 1. The summed E-state index contributed by atoms with van der Waals surface area (Å²) in [5, 5.41) is 10.1. The lowest BCUT2D eigenvalue weighted by Crippen LogP contribution is -2.44. The number of nitrogens with zero attached hydrogens (tertiary/aromatic N) is 5. The number of thiophene rings is 1. The molecule has 42 heavy (non-hydrogen) atoms. The second kappa shape index (κ2) is 12.3. The number of benzene rings is 1. The third kappa shape index (κ3) is 5.71. The van der Waals surface area contributed by atoms with E-state index in [9.17, 15) is 18.8 Å². The van der Waals surface area contributed by atoms with Crippen LogP contribution in [0.3, 0.4) is 0 Å². The van der Waals surface area contributed by atoms with Crippen molar-refractivity contribution in [3.8, 4) is 5.75 Å². The third-order valence-corrected chi connectivity index (χ3v) is 9.13. The number of halogens is 1. The van der Waals surface area contributed by atoms with Crippen LogP contribution in [0.2, 0.25) is 0 Å². The van der Waals surface area contributed by atoms with Crippen molar-refractivity contribution in [3.63, 3.8) is 0 Å². The van der Waals surface area contributed by atoms with Gasteiger partial charge in [-0.25, -0.2) is 13.8 Å². The van der Waals surface area contributed by atoms with Crippen LogP contribution in [0.5, 0.6) is 5.75 Å². The first-order valence-corrected chi connectivity index (χ1v) is 14.7. The van der Waals surface area contributed by atoms with Crippen molar-refractivity contribution in [2.75, 3.05) is 52.5 Å². The minimum absolute atomic E-state index is 0.0422. The van der Waals surface area contributed by atoms with Crippen LogP contribution in [0.15, 0.2) is 32.9 Å². The van der Waals surface area contributed by atoms with Gasteiger partial charge in [-0.2, -0.15) is 5.10 Å². The lowest BCUT2D eigenvalue weighted by molar-refractivity contribution is -0.129. The van der Waals surface area contributed by atoms with Crippen LogP contribution >= 0.6 is 11.3 Å². The first-order chi connectivity index (χ1) is 20.2. The molecular formula is C28H36FN7O5S. The predicted molar refractivity (Wildman–Crippen MR) is 160 cm³/mol. The van der Waals surface area contributed by atoms with E-state index in [2.05, 4.69) is 10.4 Å². The summed E-state index contributed by atoms with van der Waals surface area (Å²) in [6.45, 7) is 3.67. The second-order valence-electron chi connectivity index (χ2n) is 10.5. The van der Waals surface area contributed by atoms with Crippen LogP contribution in [0.25, 0.3) is 10.2 Å². The number of likely N-dealkylation sites (N-methyl/N-ethyl adjacent to an activating group) is 1. The molecule has 3 aromatic rings. The lowest BCUT2D eigenvalue weighted by atomic mass is 10.1. The topological polar surface area (TPSA) is 146 Å². The molecule has 0 aliphatic carbocycles. The number of carbonyl (C=O) groups is 1. The summed E-state index contributed by atoms with van der Waals surface area (Å²) >= 11 is 1.23. The highest BCUT2D eigenvalue weighted by atomic mass is 32.1. The Morgan fingerprint density at radius 1 is 1.33 bits per heavy atom. The van der Waals surface area contributed by atoms with Gasteiger partial charge in [-0.15, -0.1) is 0 Å². The number of nitrogens with two attached hydrogens (primary N) is 1. The summed E-state index contributed by atoms with van der Waals surface area (Å²) in [7, 11) is 4.87. The van der Waals surface area contributed by atoms with Crippen LogP contribution in [0, 0.1) is 12.7 Å². The van der Waals surface area contributed by atoms with Crippen LogP contribution < -0.4 is 32.0 Å². The maximum Gasteiger partial charge on any atom is 0.332 e. The van der Waals surface area contributed by atoms with E-state index >= 15 is 0 Å². The van der Waals surface area contributed by atoms with E-state index in [4.69, 9.17) is 15.2 Å². The summed E-state index contributed by atoms with van der Waals surface area (Å²) in [5.74, 6) is -0.358. The summed E-state index contributed by atoms with van der Waals surface area (Å²) in [6.07, 6.45) is 1.82. The number of hydrogen-bond acceptors (Lipinski definition) is 10. The van der Waals surface area contributed by atoms with Gasteiger partial charge in [0.25, 0.3) is 5.56 Å². The molecule has 4 heterocycles. The Morgan fingerprint density at radius 3 is 2.74 bits per heavy atom. The Morgan fingerprint density at radius 2 is 2.10 bits per heavy atom. The number of nitrogens with one attached hydrogen (secondary N) is 1. The number of fused-ring (bicyclic) bond motifs is 1. The largest absolute Gasteiger partial charge is 0.496 e. The fourth-order valence-corrected chi connectivity index (χ4v) is 6.59. The molecule has 1 amide bonds. The van der Waals surface area contributed by atoms with Gasteiger partial charge in [-0.1, -0.05) is 11.3 Å². The van der Waals surface area contributed by atoms with Gasteiger partial charge in [-0.3, -0.25) is 19.2 Å². The van der Waals surface area contributed by atoms with Gasteiger partial charge in [0, 0.05) is 63.7 Å². The molecule has 1 aromatic carbocycles. The van der Waals surface area contributed by atoms with Gasteiger partial charge in [-0.05, 0) is 38.0 Å². The van der Waals surface area contributed by atoms with E-state index in [1.54, 1.807) is 26.0 Å². The van der Waals surface area contributed by atoms with Gasteiger partial charge in [0.2, 0.25) is 5.91 Å². The van der Waals surface area contributed by atoms with Crippen molar-refractivity contribution in [1.82, 2.24) is 19.4 Å². The molecular weight excluding hydrogens is 565 g/mol. The van der Waals surface area contributed by atoms with Crippen LogP contribution in [0.4, 0.5) is 9.39 Å². The number of amides is 1. The monoisotopic (exact) mass is 601 g/mol. The number of aromatic nitrogens is 2. The molecule has 12 nitrogen and oxygen atoms in total. The van der Waals surface area contributed by atoms with Crippen LogP contribution in [-0.2, 0) is 16.1 Å². The molecule has 2 aliphatic rings. The van der Waals surface area contributed by atoms with Crippen LogP contribution in [0.1, 0.15) is 36.1 Å². The number of ether oxygens (including phenoxy) is 2. The van der Waals surface area contributed by atoms with E-state index < -0.39 is 29.2 Å². The van der Waals surface area contributed by atoms with Crippen molar-refractivity contribution in [2.45, 2.75) is 44.5 Å². The van der Waals surface area contributed by atoms with Crippen molar-refractivity contribution >= 4 is 38.7 Å². The van der Waals surface area contributed by atoms with E-state index in [0.29, 0.717) is 57.7 Å². The van der Waals surface area contributed by atoms with E-state index in [-0.39, 0.29) is 19.0 Å². The molecule has 3 N–H and O–H groups in total. The molecule has 2 aromatic heterocycles. The number of hydrazone groups is 1. The summed E-state index contributed by atoms with van der Waals surface area (Å²) < 4.78 is 28.9. The zero-order valence-corrected chi connectivity index (χ0v) is 24.9. The normalized spacial score (nSPS) is 19.3. The van der Waals surface area contributed by atoms with Crippen molar-refractivity contribution in [2.24, 2.45) is 10.8 Å². The average Bonchev–Trinajstić information content (AvgIpc) is 3.66. The standard InChI is InChI=1S/C28H36FN7O5S/c1-16-23-25(38)36(20-7-11-33(2)24(20)37)28(39)35(27(23)42-26(16)34(3)32-10-9-30)15-22(41-12-8-18-14-31-18)19-13-17(29)5-6-21(19)40-4/h5-6,10,13,18,20,22,31H,7-9,11-12,14-15,30H2,1-4H3/b32-10-/t18?,20-,22-/m0/s1. The molecule has 0 bridgehead atoms. The highest BCUT2D eigenvalue weighted by Crippen LogP contribution is 2.37. The number of carbonyl (C=O) groups excluding carboxylic acids is 1. The molecule has 1 unspecified atom stereocenters. The Hall–Kier alpha value is -3.59. The molecule has 226 valence electrons. The maximum atomic E-state index is 14.5. The Bertz CT molecular complexity index is 1630. The van der Waals surface area contributed by atoms with Gasteiger partial charge >= 0.3 is 5.69 Å². The summed E-state index contributed by atoms with van der Waals surface area (Å²) in [4.78, 5) is 43.2. The Kier molecular flexibility index (Phi) is 8.78. The average molecular weight is 602 g/mol. The number of rotatable bonds is 12. The second-order valence-corrected chi connectivity index (χ2v) is 11.5. The van der Waals surface area contributed by atoms with E-state index in [0.717, 1.165) is 17.5 Å². The number of aryl methyl sites for hydroxylation is 1. The van der Waals surface area contributed by atoms with E-state index in [1.165, 1.54) is 52.3 Å². The molecule has 0 saturated carbocycles. The van der Waals surface area contributed by atoms with Crippen LogP contribution in [-0.4, -0.2) is 79.6 Å². The predicted octanol–water partition coefficient (Wildman–Crippen LogP) is 1.58. The van der Waals surface area contributed by atoms with Crippen molar-refractivity contribution in [1.29, 1.82) is 0 Å². The molecule has 5 rings (SSSR count). The number of methoxy groups -OCH3 is 1. The highest BCUT2D eigenvalue weighted by molar-refractivity contribution is 7.22. The van der Waals surface area contributed by atoms with Gasteiger partial charge in [0.15, 0.2) is 0 Å². The zero-order chi connectivity index (χ0) is 30.1. The van der Waals surface area contributed by atoms with Gasteiger partial charge < -0.3 is 25.4 Å². The third-order valence-electron chi connectivity index (χ3n) is 7.75. The van der Waals surface area contributed by atoms with Crippen molar-refractivity contribution in [3.05, 3.63) is 56.0 Å². The van der Waals surface area contributed by atoms with Gasteiger partial charge in [0.1, 0.15) is 33.5 Å². The quantitative estimate of drug-likeness (QED) is 0.181. The fraction of sp³-hybridized carbons (Fsp3) is 0.500. The molecule has 0 radical (unpaired) electrons. The van der Waals surface area contributed by atoms with Crippen molar-refractivity contribution < 1.29 is 18.7 Å². The van der Waals surface area contributed by atoms with Gasteiger partial charge in [0.05, 0.1) is 19.0 Å². The molecule has 2 saturated heterocycles. The summed E-state index contributed by atoms with van der Waals surface area (Å²) in [5.41, 5.74) is 5.50. The Balaban J connectivity index is 1.70. The number of anilines is 1. The maximum absolute atomic E-state index is 14.5. The smallest absolute Gasteiger partial charge is 0.332 e. The summed E-state index contributed by atoms with van der Waals surface area (Å²) in [6, 6.07) is 3.59.